The molecule has 0 amide bonds. The highest BCUT2D eigenvalue weighted by Gasteiger charge is 2.48. The average molecular weight is 538 g/mol. The predicted molar refractivity (Wildman–Crippen MR) is 126 cm³/mol. The van der Waals surface area contributed by atoms with Crippen molar-refractivity contribution in [1.82, 2.24) is 4.90 Å². The Balaban J connectivity index is 1.98. The van der Waals surface area contributed by atoms with Gasteiger partial charge in [0.2, 0.25) is 10.0 Å². The van der Waals surface area contributed by atoms with E-state index in [4.69, 9.17) is 5.14 Å². The summed E-state index contributed by atoms with van der Waals surface area (Å²) in [6.07, 6.45) is 2.57. The van der Waals surface area contributed by atoms with Gasteiger partial charge in [-0.3, -0.25) is 0 Å². The normalized spacial score (nSPS) is 16.5. The van der Waals surface area contributed by atoms with Crippen LogP contribution in [0.5, 0.6) is 0 Å². The van der Waals surface area contributed by atoms with Gasteiger partial charge in [0.25, 0.3) is 9.84 Å². The minimum Gasteiger partial charge on any atom is -0.379 e. The number of sulfonamides is 1. The van der Waals surface area contributed by atoms with Crippen molar-refractivity contribution in [3.8, 4) is 0 Å². The van der Waals surface area contributed by atoms with Crippen LogP contribution < -0.4 is 10.5 Å². The van der Waals surface area contributed by atoms with Gasteiger partial charge in [0.15, 0.2) is 0 Å². The number of nitrogens with zero attached hydrogens (tertiary/aromatic N) is 1. The molecule has 0 spiro atoms. The van der Waals surface area contributed by atoms with Crippen LogP contribution in [0.25, 0.3) is 0 Å². The number of thioether (sulfide) groups is 1. The molecule has 3 rings (SSSR count). The van der Waals surface area contributed by atoms with E-state index < -0.39 is 46.9 Å². The van der Waals surface area contributed by atoms with Crippen LogP contribution >= 0.6 is 11.8 Å². The number of halogens is 3. The largest absolute Gasteiger partial charge is 0.501 e. The Morgan fingerprint density at radius 2 is 1.59 bits per heavy atom. The lowest BCUT2D eigenvalue weighted by atomic mass is 10.2. The Bertz CT molecular complexity index is 1180. The fraction of sp³-hybridized carbons (Fsp3) is 0.429. The van der Waals surface area contributed by atoms with Crippen LogP contribution in [-0.4, -0.2) is 58.7 Å². The second-order valence-electron chi connectivity index (χ2n) is 7.93. The molecule has 13 heteroatoms. The van der Waals surface area contributed by atoms with Gasteiger partial charge in [0.1, 0.15) is 9.79 Å². The van der Waals surface area contributed by atoms with Crippen molar-refractivity contribution < 1.29 is 30.0 Å². The first-order valence-electron chi connectivity index (χ1n) is 10.5. The molecule has 34 heavy (non-hydrogen) atoms. The maximum Gasteiger partial charge on any atom is 0.501 e. The van der Waals surface area contributed by atoms with E-state index in [9.17, 15) is 30.0 Å². The van der Waals surface area contributed by atoms with Crippen molar-refractivity contribution in [2.45, 2.75) is 45.5 Å². The molecule has 0 radical (unpaired) electrons. The number of primary sulfonamides is 1. The first-order valence-corrected chi connectivity index (χ1v) is 14.5. The standard InChI is InChI=1S/C21H26F3N3O4S3/c22-21(23,24)33(28,29)18-9-6-10-19(34(25,30)31)20(18)26-16(11-14-27-12-4-5-13-27)15-32-17-7-2-1-3-8-17/h1-3,6-10,16,26H,4-5,11-15H2,(H2,25,30,31)/t16-/m1/s1. The first-order chi connectivity index (χ1) is 15.9. The van der Waals surface area contributed by atoms with Gasteiger partial charge < -0.3 is 10.2 Å². The van der Waals surface area contributed by atoms with Gasteiger partial charge in [-0.05, 0) is 56.6 Å². The van der Waals surface area contributed by atoms with Crippen molar-refractivity contribution in [3.63, 3.8) is 0 Å². The number of nitrogens with one attached hydrogen (secondary N) is 1. The molecule has 0 aliphatic carbocycles. The number of likely N-dealkylation sites (tertiary alicyclic amines) is 1. The number of anilines is 1. The summed E-state index contributed by atoms with van der Waals surface area (Å²) in [7, 11) is -10.3. The minimum atomic E-state index is -5.83. The molecular formula is C21H26F3N3O4S3. The molecule has 1 fully saturated rings. The van der Waals surface area contributed by atoms with Gasteiger partial charge in [0, 0.05) is 23.2 Å². The van der Waals surface area contributed by atoms with E-state index in [0.29, 0.717) is 18.7 Å². The number of benzene rings is 2. The lowest BCUT2D eigenvalue weighted by molar-refractivity contribution is -0.0435. The quantitative estimate of drug-likeness (QED) is 0.445. The van der Waals surface area contributed by atoms with E-state index in [2.05, 4.69) is 10.2 Å². The number of para-hydroxylation sites is 1. The molecule has 3 N–H and O–H groups in total. The van der Waals surface area contributed by atoms with E-state index in [1.807, 2.05) is 30.3 Å². The van der Waals surface area contributed by atoms with Crippen molar-refractivity contribution in [2.24, 2.45) is 5.14 Å². The predicted octanol–water partition coefficient (Wildman–Crippen LogP) is 3.69. The lowest BCUT2D eigenvalue weighted by Crippen LogP contribution is -2.32. The number of rotatable bonds is 10. The molecule has 0 bridgehead atoms. The van der Waals surface area contributed by atoms with E-state index >= 15 is 0 Å². The van der Waals surface area contributed by atoms with Gasteiger partial charge >= 0.3 is 5.51 Å². The Morgan fingerprint density at radius 1 is 0.971 bits per heavy atom. The zero-order chi connectivity index (χ0) is 25.0. The van der Waals surface area contributed by atoms with E-state index in [1.54, 1.807) is 0 Å². The summed E-state index contributed by atoms with van der Waals surface area (Å²) in [6.45, 7) is 2.44. The number of sulfone groups is 1. The highest BCUT2D eigenvalue weighted by Crippen LogP contribution is 2.38. The van der Waals surface area contributed by atoms with Crippen molar-refractivity contribution >= 4 is 37.3 Å². The maximum atomic E-state index is 13.4. The van der Waals surface area contributed by atoms with Gasteiger partial charge in [-0.15, -0.1) is 11.8 Å². The highest BCUT2D eigenvalue weighted by molar-refractivity contribution is 7.99. The average Bonchev–Trinajstić information content (AvgIpc) is 3.28. The third-order valence-corrected chi connectivity index (χ3v) is 9.08. The number of hydrogen-bond donors (Lipinski definition) is 2. The van der Waals surface area contributed by atoms with Crippen LogP contribution in [0, 0.1) is 0 Å². The fourth-order valence-corrected chi connectivity index (χ4v) is 6.42. The Morgan fingerprint density at radius 3 is 2.18 bits per heavy atom. The van der Waals surface area contributed by atoms with Crippen LogP contribution in [-0.2, 0) is 19.9 Å². The van der Waals surface area contributed by atoms with Crippen LogP contribution in [0.15, 0.2) is 63.2 Å². The molecule has 188 valence electrons. The number of alkyl halides is 3. The van der Waals surface area contributed by atoms with Gasteiger partial charge in [0.05, 0.1) is 5.69 Å². The second kappa shape index (κ2) is 10.9. The third kappa shape index (κ3) is 6.66. The van der Waals surface area contributed by atoms with E-state index in [1.165, 1.54) is 11.8 Å². The van der Waals surface area contributed by atoms with Crippen molar-refractivity contribution in [2.75, 3.05) is 30.7 Å². The minimum absolute atomic E-state index is 0.363. The van der Waals surface area contributed by atoms with E-state index in [-0.39, 0.29) is 0 Å². The van der Waals surface area contributed by atoms with Crippen molar-refractivity contribution in [1.29, 1.82) is 0 Å². The summed E-state index contributed by atoms with van der Waals surface area (Å²) in [5.74, 6) is 0.363. The molecule has 1 heterocycles. The zero-order valence-electron chi connectivity index (χ0n) is 18.2. The van der Waals surface area contributed by atoms with Crippen LogP contribution in [0.1, 0.15) is 19.3 Å². The molecule has 0 unspecified atom stereocenters. The molecule has 1 aliphatic rings. The Hall–Kier alpha value is -1.80. The summed E-state index contributed by atoms with van der Waals surface area (Å²) < 4.78 is 89.0. The summed E-state index contributed by atoms with van der Waals surface area (Å²) in [6, 6.07) is 11.4. The molecule has 1 atom stereocenters. The molecule has 0 saturated carbocycles. The second-order valence-corrected chi connectivity index (χ2v) is 12.5. The smallest absolute Gasteiger partial charge is 0.379 e. The molecule has 1 aliphatic heterocycles. The first kappa shape index (κ1) is 26.8. The maximum absolute atomic E-state index is 13.4. The summed E-state index contributed by atoms with van der Waals surface area (Å²) in [4.78, 5) is 1.26. The number of nitrogens with two attached hydrogens (primary N) is 1. The van der Waals surface area contributed by atoms with Crippen LogP contribution in [0.3, 0.4) is 0 Å². The zero-order valence-corrected chi connectivity index (χ0v) is 20.6. The molecule has 2 aromatic rings. The molecule has 7 nitrogen and oxygen atoms in total. The van der Waals surface area contributed by atoms with E-state index in [0.717, 1.165) is 49.0 Å². The van der Waals surface area contributed by atoms with Gasteiger partial charge in [-0.25, -0.2) is 22.0 Å². The summed E-state index contributed by atoms with van der Waals surface area (Å²) in [5.41, 5.74) is -6.26. The summed E-state index contributed by atoms with van der Waals surface area (Å²) in [5, 5.41) is 8.05. The number of hydrogen-bond acceptors (Lipinski definition) is 7. The van der Waals surface area contributed by atoms with Gasteiger partial charge in [-0.2, -0.15) is 13.2 Å². The third-order valence-electron chi connectivity index (χ3n) is 5.42. The SMILES string of the molecule is NS(=O)(=O)c1cccc(S(=O)(=O)C(F)(F)F)c1N[C@H](CCN1CCCC1)CSc1ccccc1. The van der Waals surface area contributed by atoms with Crippen LogP contribution in [0.4, 0.5) is 18.9 Å². The fourth-order valence-electron chi connectivity index (χ4n) is 3.70. The summed E-state index contributed by atoms with van der Waals surface area (Å²) >= 11 is 1.43. The molecular weight excluding hydrogens is 511 g/mol. The van der Waals surface area contributed by atoms with Crippen LogP contribution in [0.2, 0.25) is 0 Å². The van der Waals surface area contributed by atoms with Gasteiger partial charge in [-0.1, -0.05) is 24.3 Å². The Kier molecular flexibility index (Phi) is 8.56. The monoisotopic (exact) mass is 537 g/mol. The Labute approximate surface area is 201 Å². The lowest BCUT2D eigenvalue weighted by Gasteiger charge is -2.25. The topological polar surface area (TPSA) is 110 Å². The highest BCUT2D eigenvalue weighted by atomic mass is 32.2. The van der Waals surface area contributed by atoms with Crippen molar-refractivity contribution in [3.05, 3.63) is 48.5 Å². The molecule has 0 aromatic heterocycles. The molecule has 2 aromatic carbocycles. The molecule has 1 saturated heterocycles.